The van der Waals surface area contributed by atoms with Crippen molar-refractivity contribution >= 4 is 54.7 Å². The van der Waals surface area contributed by atoms with Crippen LogP contribution in [0.4, 0.5) is 24.0 Å². The number of anilines is 2. The maximum atomic E-state index is 17.4. The number of aromatic nitrogens is 2. The lowest BCUT2D eigenvalue weighted by molar-refractivity contribution is 0.0553. The van der Waals surface area contributed by atoms with Crippen molar-refractivity contribution in [3.63, 3.8) is 0 Å². The van der Waals surface area contributed by atoms with Crippen molar-refractivity contribution in [3.05, 3.63) is 34.4 Å². The number of hydrogen-bond acceptors (Lipinski definition) is 11. The summed E-state index contributed by atoms with van der Waals surface area (Å²) in [7, 11) is 4.04. The Bertz CT molecular complexity index is 2100. The van der Waals surface area contributed by atoms with E-state index >= 15 is 8.78 Å². The molecule has 51 heavy (non-hydrogen) atoms. The Labute approximate surface area is 302 Å². The Hall–Kier alpha value is -3.61. The quantitative estimate of drug-likeness (QED) is 0.213. The smallest absolute Gasteiger partial charge is 0.319 e. The molecule has 4 aromatic rings. The van der Waals surface area contributed by atoms with Crippen molar-refractivity contribution in [3.8, 4) is 29.0 Å². The summed E-state index contributed by atoms with van der Waals surface area (Å²) in [5, 5.41) is 21.5. The predicted octanol–water partition coefficient (Wildman–Crippen LogP) is 6.28. The third-order valence-electron chi connectivity index (χ3n) is 11.7. The van der Waals surface area contributed by atoms with Crippen LogP contribution in [0.5, 0.6) is 11.8 Å². The van der Waals surface area contributed by atoms with Gasteiger partial charge in [0.25, 0.3) is 0 Å². The monoisotopic (exact) mass is 741 g/mol. The minimum atomic E-state index is -0.970. The zero-order chi connectivity index (χ0) is 36.0. The Balaban J connectivity index is 1.37. The van der Waals surface area contributed by atoms with Gasteiger partial charge in [0.05, 0.1) is 38.4 Å². The number of hydrogen-bond donors (Lipinski definition) is 2. The first-order valence-electron chi connectivity index (χ1n) is 17.3. The molecule has 8 rings (SSSR count). The molecule has 0 bridgehead atoms. The fraction of sp³-hybridized carbons (Fsp3) is 0.528. The van der Waals surface area contributed by atoms with Gasteiger partial charge < -0.3 is 30.1 Å². The van der Waals surface area contributed by atoms with E-state index in [1.807, 2.05) is 25.1 Å². The molecule has 2 saturated heterocycles. The normalized spacial score (nSPS) is 24.7. The lowest BCUT2D eigenvalue weighted by atomic mass is 9.75. The fourth-order valence-corrected chi connectivity index (χ4v) is 9.98. The number of thiophene rings is 1. The number of likely N-dealkylation sites (N-methyl/N-ethyl adjacent to an activating group) is 1. The molecule has 2 unspecified atom stereocenters. The molecule has 1 aliphatic carbocycles. The summed E-state index contributed by atoms with van der Waals surface area (Å²) in [5.41, 5.74) is 5.24. The first-order chi connectivity index (χ1) is 24.4. The highest BCUT2D eigenvalue weighted by atomic mass is 35.5. The third-order valence-corrected chi connectivity index (χ3v) is 13.1. The molecule has 5 heterocycles. The second-order valence-electron chi connectivity index (χ2n) is 14.7. The van der Waals surface area contributed by atoms with Crippen LogP contribution < -0.4 is 20.1 Å². The predicted molar refractivity (Wildman–Crippen MR) is 192 cm³/mol. The van der Waals surface area contributed by atoms with Gasteiger partial charge in [0.15, 0.2) is 11.6 Å². The Morgan fingerprint density at radius 3 is 2.71 bits per heavy atom. The molecule has 3 fully saturated rings. The molecule has 3 aliphatic heterocycles. The molecule has 3 N–H and O–H groups in total. The Morgan fingerprint density at radius 2 is 2.02 bits per heavy atom. The first kappa shape index (κ1) is 34.5. The number of aliphatic hydroxyl groups is 1. The topological polar surface area (TPSA) is 124 Å². The number of nitriles is 1. The van der Waals surface area contributed by atoms with Crippen LogP contribution in [-0.2, 0) is 0 Å². The van der Waals surface area contributed by atoms with Gasteiger partial charge in [0.1, 0.15) is 47.6 Å². The van der Waals surface area contributed by atoms with E-state index in [9.17, 15) is 14.8 Å². The molecular formula is C36H39ClF3N7O3S. The molecule has 0 amide bonds. The lowest BCUT2D eigenvalue weighted by Gasteiger charge is -2.51. The van der Waals surface area contributed by atoms with E-state index in [4.69, 9.17) is 31.8 Å². The Morgan fingerprint density at radius 1 is 1.24 bits per heavy atom. The van der Waals surface area contributed by atoms with E-state index in [1.54, 1.807) is 6.92 Å². The van der Waals surface area contributed by atoms with Crippen molar-refractivity contribution in [2.45, 2.75) is 74.8 Å². The number of halogens is 4. The van der Waals surface area contributed by atoms with Crippen molar-refractivity contribution in [2.75, 3.05) is 57.6 Å². The maximum Gasteiger partial charge on any atom is 0.319 e. The molecule has 15 heteroatoms. The number of nitrogens with zero attached hydrogens (tertiary/aromatic N) is 6. The number of ether oxygens (including phenoxy) is 2. The third kappa shape index (κ3) is 5.30. The van der Waals surface area contributed by atoms with Gasteiger partial charge in [-0.1, -0.05) is 17.7 Å². The SMILES string of the molecule is CC(O)C1COc2c(Cl)c(-c3ccc(F)c4sc(N)c(C#N)c34)c(F)c3nc(OC[C@@]45CCCN4C[C@H](F)C5)nc(c23)N1CC1(N(C)C)CCC1. The number of aliphatic hydroxyl groups excluding tert-OH is 1. The van der Waals surface area contributed by atoms with Gasteiger partial charge >= 0.3 is 6.01 Å². The maximum absolute atomic E-state index is 17.4. The van der Waals surface area contributed by atoms with E-state index in [1.165, 1.54) is 12.1 Å². The van der Waals surface area contributed by atoms with Crippen LogP contribution in [0.1, 0.15) is 51.0 Å². The van der Waals surface area contributed by atoms with Crippen LogP contribution in [0, 0.1) is 23.0 Å². The van der Waals surface area contributed by atoms with Gasteiger partial charge in [-0.3, -0.25) is 4.90 Å². The van der Waals surface area contributed by atoms with Gasteiger partial charge in [-0.2, -0.15) is 15.2 Å². The van der Waals surface area contributed by atoms with E-state index in [0.29, 0.717) is 25.3 Å². The summed E-state index contributed by atoms with van der Waals surface area (Å²) < 4.78 is 60.0. The summed E-state index contributed by atoms with van der Waals surface area (Å²) >= 11 is 8.02. The molecule has 4 atom stereocenters. The van der Waals surface area contributed by atoms with Crippen LogP contribution in [-0.4, -0.2) is 101 Å². The zero-order valence-corrected chi connectivity index (χ0v) is 30.2. The molecule has 2 aromatic carbocycles. The average Bonchev–Trinajstić information content (AvgIpc) is 3.67. The molecule has 4 aliphatic rings. The van der Waals surface area contributed by atoms with E-state index < -0.39 is 35.5 Å². The number of fused-ring (bicyclic) bond motifs is 2. The van der Waals surface area contributed by atoms with Gasteiger partial charge in [-0.15, -0.1) is 11.3 Å². The first-order valence-corrected chi connectivity index (χ1v) is 18.5. The number of nitrogen functional groups attached to an aromatic ring is 1. The largest absolute Gasteiger partial charge is 0.489 e. The van der Waals surface area contributed by atoms with Gasteiger partial charge in [0.2, 0.25) is 0 Å². The fourth-order valence-electron chi connectivity index (χ4n) is 8.69. The minimum absolute atomic E-state index is 0.0113. The molecule has 2 aromatic heterocycles. The molecule has 1 saturated carbocycles. The number of nitrogens with two attached hydrogens (primary N) is 1. The number of rotatable bonds is 8. The molecular weight excluding hydrogens is 703 g/mol. The van der Waals surface area contributed by atoms with Crippen molar-refractivity contribution in [1.82, 2.24) is 19.8 Å². The van der Waals surface area contributed by atoms with Crippen LogP contribution in [0.25, 0.3) is 32.1 Å². The second-order valence-corrected chi connectivity index (χ2v) is 16.2. The van der Waals surface area contributed by atoms with Gasteiger partial charge in [0, 0.05) is 36.0 Å². The summed E-state index contributed by atoms with van der Waals surface area (Å²) in [6.07, 6.45) is 2.99. The molecule has 10 nitrogen and oxygen atoms in total. The average molecular weight is 742 g/mol. The van der Waals surface area contributed by atoms with Gasteiger partial charge in [-0.25, -0.2) is 13.2 Å². The number of benzene rings is 2. The second kappa shape index (κ2) is 12.5. The summed E-state index contributed by atoms with van der Waals surface area (Å²) in [5.74, 6) is -1.06. The van der Waals surface area contributed by atoms with E-state index in [2.05, 4.69) is 14.8 Å². The van der Waals surface area contributed by atoms with Crippen molar-refractivity contribution in [2.24, 2.45) is 0 Å². The van der Waals surface area contributed by atoms with Crippen LogP contribution >= 0.6 is 22.9 Å². The Kier molecular flexibility index (Phi) is 8.46. The van der Waals surface area contributed by atoms with Gasteiger partial charge in [-0.05, 0) is 71.3 Å². The zero-order valence-electron chi connectivity index (χ0n) is 28.6. The summed E-state index contributed by atoms with van der Waals surface area (Å²) in [6.45, 7) is 3.33. The van der Waals surface area contributed by atoms with E-state index in [-0.39, 0.29) is 78.2 Å². The van der Waals surface area contributed by atoms with Crippen molar-refractivity contribution < 1.29 is 27.8 Å². The molecule has 0 spiro atoms. The van der Waals surface area contributed by atoms with Crippen LogP contribution in [0.2, 0.25) is 5.02 Å². The van der Waals surface area contributed by atoms with E-state index in [0.717, 1.165) is 50.0 Å². The minimum Gasteiger partial charge on any atom is -0.489 e. The highest BCUT2D eigenvalue weighted by molar-refractivity contribution is 7.23. The number of alkyl halides is 1. The molecule has 270 valence electrons. The summed E-state index contributed by atoms with van der Waals surface area (Å²) in [6, 6.07) is 3.87. The van der Waals surface area contributed by atoms with Crippen LogP contribution in [0.3, 0.4) is 0 Å². The van der Waals surface area contributed by atoms with Crippen LogP contribution in [0.15, 0.2) is 12.1 Å². The summed E-state index contributed by atoms with van der Waals surface area (Å²) in [4.78, 5) is 15.8. The van der Waals surface area contributed by atoms with Crippen molar-refractivity contribution in [1.29, 1.82) is 5.26 Å². The highest BCUT2D eigenvalue weighted by Gasteiger charge is 2.50. The highest BCUT2D eigenvalue weighted by Crippen LogP contribution is 2.52. The lowest BCUT2D eigenvalue weighted by Crippen LogP contribution is -2.61. The standard InChI is InChI=1S/C36H39ClF3N7O3S/c1-18(48)23-15-49-30-26-29(28(40)25(27(30)37)20-6-7-22(39)31-24(20)21(13-41)32(42)51-31)43-34(50-17-36-10-5-11-46(36)14-19(38)12-36)44-33(26)47(23)16-35(45(2)3)8-4-9-35/h6-7,18-19,23,48H,4-5,8-12,14-17,42H2,1-3H3/t18?,19-,23?,36+/m1/s1. The molecule has 0 radical (unpaired) electrons.